The second-order valence-electron chi connectivity index (χ2n) is 4.04. The van der Waals surface area contributed by atoms with Gasteiger partial charge in [-0.1, -0.05) is 29.5 Å². The van der Waals surface area contributed by atoms with Crippen LogP contribution in [0.2, 0.25) is 0 Å². The predicted octanol–water partition coefficient (Wildman–Crippen LogP) is 3.80. The number of hydrogen-bond acceptors (Lipinski definition) is 3. The fourth-order valence-electron chi connectivity index (χ4n) is 1.71. The molecule has 0 aliphatic carbocycles. The van der Waals surface area contributed by atoms with E-state index >= 15 is 0 Å². The summed E-state index contributed by atoms with van der Waals surface area (Å²) in [5, 5.41) is 0.986. The molecule has 0 amide bonds. The van der Waals surface area contributed by atoms with Crippen molar-refractivity contribution in [3.05, 3.63) is 52.1 Å². The van der Waals surface area contributed by atoms with Gasteiger partial charge in [0.05, 0.1) is 4.47 Å². The van der Waals surface area contributed by atoms with E-state index in [9.17, 15) is 0 Å². The Morgan fingerprint density at radius 2 is 2.17 bits per heavy atom. The summed E-state index contributed by atoms with van der Waals surface area (Å²) in [4.78, 5) is 5.61. The largest absolute Gasteiger partial charge is 0.330 e. The first-order valence-electron chi connectivity index (χ1n) is 5.78. The number of nitrogens with zero attached hydrogens (tertiary/aromatic N) is 1. The second-order valence-corrected chi connectivity index (χ2v) is 5.93. The molecule has 0 aliphatic heterocycles. The van der Waals surface area contributed by atoms with Crippen LogP contribution in [0, 0.1) is 6.92 Å². The van der Waals surface area contributed by atoms with Crippen LogP contribution in [0.5, 0.6) is 0 Å². The molecule has 0 fully saturated rings. The average Bonchev–Trinajstić information content (AvgIpc) is 2.35. The third kappa shape index (κ3) is 3.34. The van der Waals surface area contributed by atoms with E-state index in [1.807, 2.05) is 18.3 Å². The monoisotopic (exact) mass is 322 g/mol. The molecule has 1 aromatic heterocycles. The number of pyridine rings is 1. The minimum absolute atomic E-state index is 0.667. The van der Waals surface area contributed by atoms with Gasteiger partial charge in [0.25, 0.3) is 0 Å². The minimum atomic E-state index is 0.667. The maximum absolute atomic E-state index is 5.67. The fourth-order valence-corrected chi connectivity index (χ4v) is 3.12. The lowest BCUT2D eigenvalue weighted by Gasteiger charge is -2.09. The molecule has 0 aliphatic rings. The van der Waals surface area contributed by atoms with Crippen LogP contribution in [0.15, 0.2) is 50.9 Å². The van der Waals surface area contributed by atoms with E-state index in [0.717, 1.165) is 15.9 Å². The van der Waals surface area contributed by atoms with Crippen molar-refractivity contribution in [2.75, 3.05) is 6.54 Å². The van der Waals surface area contributed by atoms with Crippen LogP contribution in [0.3, 0.4) is 0 Å². The van der Waals surface area contributed by atoms with E-state index in [1.54, 1.807) is 11.8 Å². The Kier molecular flexibility index (Phi) is 4.80. The third-order valence-corrected chi connectivity index (χ3v) is 4.60. The highest BCUT2D eigenvalue weighted by Gasteiger charge is 2.07. The first-order chi connectivity index (χ1) is 8.70. The number of halogens is 1. The van der Waals surface area contributed by atoms with E-state index in [2.05, 4.69) is 46.0 Å². The highest BCUT2D eigenvalue weighted by Crippen LogP contribution is 2.34. The minimum Gasteiger partial charge on any atom is -0.330 e. The van der Waals surface area contributed by atoms with Gasteiger partial charge in [0, 0.05) is 11.1 Å². The lowest BCUT2D eigenvalue weighted by atomic mass is 10.1. The van der Waals surface area contributed by atoms with Gasteiger partial charge in [-0.15, -0.1) is 0 Å². The molecule has 2 nitrogen and oxygen atoms in total. The summed E-state index contributed by atoms with van der Waals surface area (Å²) in [7, 11) is 0. The van der Waals surface area contributed by atoms with Crippen molar-refractivity contribution in [3.8, 4) is 0 Å². The van der Waals surface area contributed by atoms with Crippen LogP contribution in [-0.2, 0) is 6.42 Å². The third-order valence-electron chi connectivity index (χ3n) is 2.56. The van der Waals surface area contributed by atoms with E-state index in [4.69, 9.17) is 5.73 Å². The zero-order valence-corrected chi connectivity index (χ0v) is 12.6. The Labute approximate surface area is 120 Å². The Balaban J connectivity index is 2.31. The molecule has 2 rings (SSSR count). The summed E-state index contributed by atoms with van der Waals surface area (Å²) in [6.07, 6.45) is 2.71. The fraction of sp³-hybridized carbons (Fsp3) is 0.214. The summed E-state index contributed by atoms with van der Waals surface area (Å²) in [6, 6.07) is 10.4. The Morgan fingerprint density at radius 1 is 1.33 bits per heavy atom. The number of aryl methyl sites for hydroxylation is 1. The van der Waals surface area contributed by atoms with E-state index in [-0.39, 0.29) is 0 Å². The second kappa shape index (κ2) is 6.36. The van der Waals surface area contributed by atoms with Crippen molar-refractivity contribution in [2.45, 2.75) is 23.3 Å². The summed E-state index contributed by atoms with van der Waals surface area (Å²) >= 11 is 5.20. The standard InChI is InChI=1S/C14H15BrN2S/c1-10-4-5-13(11(9-10)6-7-16)18-14-12(15)3-2-8-17-14/h2-5,8-9H,6-7,16H2,1H3. The smallest absolute Gasteiger partial charge is 0.115 e. The Bertz CT molecular complexity index is 543. The van der Waals surface area contributed by atoms with E-state index in [1.165, 1.54) is 16.0 Å². The molecule has 0 saturated heterocycles. The van der Waals surface area contributed by atoms with Crippen LogP contribution in [0.1, 0.15) is 11.1 Å². The number of benzene rings is 1. The number of nitrogens with two attached hydrogens (primary N) is 1. The summed E-state index contributed by atoms with van der Waals surface area (Å²) in [5.74, 6) is 0. The Morgan fingerprint density at radius 3 is 2.89 bits per heavy atom. The molecule has 18 heavy (non-hydrogen) atoms. The lowest BCUT2D eigenvalue weighted by Crippen LogP contribution is -2.04. The van der Waals surface area contributed by atoms with Gasteiger partial charge >= 0.3 is 0 Å². The maximum atomic E-state index is 5.67. The van der Waals surface area contributed by atoms with Crippen LogP contribution in [0.4, 0.5) is 0 Å². The van der Waals surface area contributed by atoms with E-state index < -0.39 is 0 Å². The molecule has 0 saturated carbocycles. The molecule has 0 radical (unpaired) electrons. The van der Waals surface area contributed by atoms with Gasteiger partial charge in [0.2, 0.25) is 0 Å². The normalized spacial score (nSPS) is 10.6. The van der Waals surface area contributed by atoms with Crippen LogP contribution >= 0.6 is 27.7 Å². The average molecular weight is 323 g/mol. The molecule has 1 aromatic carbocycles. The van der Waals surface area contributed by atoms with Crippen molar-refractivity contribution in [1.82, 2.24) is 4.98 Å². The number of rotatable bonds is 4. The SMILES string of the molecule is Cc1ccc(Sc2ncccc2Br)c(CCN)c1. The van der Waals surface area contributed by atoms with Crippen LogP contribution in [-0.4, -0.2) is 11.5 Å². The van der Waals surface area contributed by atoms with E-state index in [0.29, 0.717) is 6.54 Å². The highest BCUT2D eigenvalue weighted by molar-refractivity contribution is 9.10. The van der Waals surface area contributed by atoms with Crippen molar-refractivity contribution in [2.24, 2.45) is 5.73 Å². The highest BCUT2D eigenvalue weighted by atomic mass is 79.9. The maximum Gasteiger partial charge on any atom is 0.115 e. The van der Waals surface area contributed by atoms with Gasteiger partial charge in [-0.2, -0.15) is 0 Å². The van der Waals surface area contributed by atoms with Crippen molar-refractivity contribution in [1.29, 1.82) is 0 Å². The molecule has 0 unspecified atom stereocenters. The molecule has 2 aromatic rings. The summed E-state index contributed by atoms with van der Waals surface area (Å²) in [5.41, 5.74) is 8.23. The molecule has 1 heterocycles. The van der Waals surface area contributed by atoms with Gasteiger partial charge in [-0.05, 0) is 59.6 Å². The molecule has 2 N–H and O–H groups in total. The molecule has 0 atom stereocenters. The molecule has 94 valence electrons. The van der Waals surface area contributed by atoms with Gasteiger partial charge in [0.1, 0.15) is 5.03 Å². The first kappa shape index (κ1) is 13.6. The van der Waals surface area contributed by atoms with Crippen molar-refractivity contribution in [3.63, 3.8) is 0 Å². The van der Waals surface area contributed by atoms with Gasteiger partial charge in [0.15, 0.2) is 0 Å². The van der Waals surface area contributed by atoms with Crippen LogP contribution in [0.25, 0.3) is 0 Å². The van der Waals surface area contributed by atoms with Crippen LogP contribution < -0.4 is 5.73 Å². The van der Waals surface area contributed by atoms with Gasteiger partial charge < -0.3 is 5.73 Å². The quantitative estimate of drug-likeness (QED) is 0.930. The summed E-state index contributed by atoms with van der Waals surface area (Å²) in [6.45, 7) is 2.77. The van der Waals surface area contributed by atoms with Crippen molar-refractivity contribution < 1.29 is 0 Å². The van der Waals surface area contributed by atoms with Crippen molar-refractivity contribution >= 4 is 27.7 Å². The number of hydrogen-bond donors (Lipinski definition) is 1. The van der Waals surface area contributed by atoms with Gasteiger partial charge in [-0.3, -0.25) is 0 Å². The molecular formula is C14H15BrN2S. The number of aromatic nitrogens is 1. The molecule has 0 bridgehead atoms. The first-order valence-corrected chi connectivity index (χ1v) is 7.39. The zero-order valence-electron chi connectivity index (χ0n) is 10.2. The topological polar surface area (TPSA) is 38.9 Å². The lowest BCUT2D eigenvalue weighted by molar-refractivity contribution is 0.940. The molecular weight excluding hydrogens is 308 g/mol. The summed E-state index contributed by atoms with van der Waals surface area (Å²) < 4.78 is 1.02. The molecule has 0 spiro atoms. The zero-order chi connectivity index (χ0) is 13.0. The molecule has 4 heteroatoms. The predicted molar refractivity (Wildman–Crippen MR) is 80.0 cm³/mol. The van der Waals surface area contributed by atoms with Gasteiger partial charge in [-0.25, -0.2) is 4.98 Å². The Hall–Kier alpha value is -0.840.